The highest BCUT2D eigenvalue weighted by Gasteiger charge is 2.11. The van der Waals surface area contributed by atoms with Crippen molar-refractivity contribution in [2.24, 2.45) is 0 Å². The first-order valence-corrected chi connectivity index (χ1v) is 8.00. The van der Waals surface area contributed by atoms with Crippen LogP contribution in [0.2, 0.25) is 4.34 Å². The molecular formula is C15H15ClN4OS. The van der Waals surface area contributed by atoms with Gasteiger partial charge in [-0.2, -0.15) is 5.10 Å². The van der Waals surface area contributed by atoms with Gasteiger partial charge in [0, 0.05) is 41.5 Å². The lowest BCUT2D eigenvalue weighted by atomic mass is 10.1. The number of hydrogen-bond donors (Lipinski definition) is 3. The number of aliphatic hydroxyl groups is 1. The molecule has 0 aliphatic rings. The number of aliphatic hydroxyl groups excluding tert-OH is 1. The van der Waals surface area contributed by atoms with Crippen LogP contribution in [0.4, 0.5) is 0 Å². The highest BCUT2D eigenvalue weighted by atomic mass is 35.5. The number of nitrogens with zero attached hydrogens (tertiary/aromatic N) is 2. The molecule has 5 nitrogen and oxygen atoms in total. The molecule has 0 aliphatic carbocycles. The zero-order chi connectivity index (χ0) is 15.4. The molecule has 0 aliphatic heterocycles. The molecule has 3 heterocycles. The standard InChI is InChI=1S/C15H15ClN4OS/c16-14-4-3-13(22-14)12(21)9-18-7-11-8-19-20-15(11)10-2-1-5-17-6-10/h1-6,8,12,18,21H,7,9H2,(H,19,20). The fourth-order valence-corrected chi connectivity index (χ4v) is 3.20. The smallest absolute Gasteiger partial charge is 0.101 e. The molecule has 0 saturated carbocycles. The predicted molar refractivity (Wildman–Crippen MR) is 87.8 cm³/mol. The Morgan fingerprint density at radius 3 is 2.95 bits per heavy atom. The van der Waals surface area contributed by atoms with E-state index in [9.17, 15) is 5.11 Å². The van der Waals surface area contributed by atoms with Crippen molar-refractivity contribution in [1.82, 2.24) is 20.5 Å². The molecule has 0 fully saturated rings. The Labute approximate surface area is 137 Å². The van der Waals surface area contributed by atoms with E-state index in [0.717, 1.165) is 21.7 Å². The maximum atomic E-state index is 10.1. The topological polar surface area (TPSA) is 73.8 Å². The molecule has 0 amide bonds. The average Bonchev–Trinajstić information content (AvgIpc) is 3.17. The van der Waals surface area contributed by atoms with Gasteiger partial charge in [0.1, 0.15) is 6.10 Å². The van der Waals surface area contributed by atoms with Gasteiger partial charge in [-0.1, -0.05) is 11.6 Å². The van der Waals surface area contributed by atoms with Crippen LogP contribution in [-0.2, 0) is 6.54 Å². The van der Waals surface area contributed by atoms with Crippen LogP contribution in [0.3, 0.4) is 0 Å². The summed E-state index contributed by atoms with van der Waals surface area (Å²) in [4.78, 5) is 4.97. The van der Waals surface area contributed by atoms with E-state index in [1.54, 1.807) is 24.7 Å². The second-order valence-corrected chi connectivity index (χ2v) is 6.55. The molecular weight excluding hydrogens is 320 g/mol. The maximum absolute atomic E-state index is 10.1. The quantitative estimate of drug-likeness (QED) is 0.648. The molecule has 1 unspecified atom stereocenters. The van der Waals surface area contributed by atoms with Crippen molar-refractivity contribution < 1.29 is 5.11 Å². The predicted octanol–water partition coefficient (Wildman–Crippen LogP) is 3.01. The Hall–Kier alpha value is -1.73. The molecule has 114 valence electrons. The molecule has 0 radical (unpaired) electrons. The fourth-order valence-electron chi connectivity index (χ4n) is 2.16. The molecule has 3 aromatic rings. The Balaban J connectivity index is 1.60. The van der Waals surface area contributed by atoms with Gasteiger partial charge in [0.25, 0.3) is 0 Å². The summed E-state index contributed by atoms with van der Waals surface area (Å²) < 4.78 is 0.683. The number of pyridine rings is 1. The van der Waals surface area contributed by atoms with Crippen LogP contribution in [-0.4, -0.2) is 26.8 Å². The van der Waals surface area contributed by atoms with Gasteiger partial charge < -0.3 is 10.4 Å². The van der Waals surface area contributed by atoms with Crippen molar-refractivity contribution in [2.45, 2.75) is 12.6 Å². The fraction of sp³-hybridized carbons (Fsp3) is 0.200. The minimum absolute atomic E-state index is 0.453. The van der Waals surface area contributed by atoms with Gasteiger partial charge >= 0.3 is 0 Å². The van der Waals surface area contributed by atoms with Crippen LogP contribution in [0.25, 0.3) is 11.3 Å². The summed E-state index contributed by atoms with van der Waals surface area (Å²) in [6.45, 7) is 1.06. The lowest BCUT2D eigenvalue weighted by Crippen LogP contribution is -2.20. The van der Waals surface area contributed by atoms with E-state index in [4.69, 9.17) is 11.6 Å². The third-order valence-electron chi connectivity index (χ3n) is 3.24. The van der Waals surface area contributed by atoms with Gasteiger partial charge in [0.2, 0.25) is 0 Å². The van der Waals surface area contributed by atoms with E-state index in [0.29, 0.717) is 17.4 Å². The van der Waals surface area contributed by atoms with E-state index in [1.807, 2.05) is 18.2 Å². The Kier molecular flexibility index (Phi) is 4.84. The van der Waals surface area contributed by atoms with E-state index < -0.39 is 6.10 Å². The van der Waals surface area contributed by atoms with E-state index in [-0.39, 0.29) is 0 Å². The molecule has 0 aromatic carbocycles. The Bertz CT molecular complexity index is 728. The Morgan fingerprint density at radius 2 is 2.23 bits per heavy atom. The van der Waals surface area contributed by atoms with Crippen molar-refractivity contribution in [1.29, 1.82) is 0 Å². The highest BCUT2D eigenvalue weighted by Crippen LogP contribution is 2.26. The molecule has 7 heteroatoms. The summed E-state index contributed by atoms with van der Waals surface area (Å²) in [7, 11) is 0. The molecule has 0 spiro atoms. The zero-order valence-corrected chi connectivity index (χ0v) is 13.2. The minimum atomic E-state index is -0.564. The van der Waals surface area contributed by atoms with Crippen molar-refractivity contribution in [2.75, 3.05) is 6.54 Å². The molecule has 0 bridgehead atoms. The first-order valence-electron chi connectivity index (χ1n) is 6.80. The second-order valence-electron chi connectivity index (χ2n) is 4.80. The van der Waals surface area contributed by atoms with E-state index in [2.05, 4.69) is 20.5 Å². The minimum Gasteiger partial charge on any atom is -0.386 e. The normalized spacial score (nSPS) is 12.5. The van der Waals surface area contributed by atoms with Crippen molar-refractivity contribution in [3.8, 4) is 11.3 Å². The third-order valence-corrected chi connectivity index (χ3v) is 4.58. The first-order chi connectivity index (χ1) is 10.7. The molecule has 3 rings (SSSR count). The van der Waals surface area contributed by atoms with E-state index >= 15 is 0 Å². The van der Waals surface area contributed by atoms with Crippen LogP contribution < -0.4 is 5.32 Å². The molecule has 22 heavy (non-hydrogen) atoms. The zero-order valence-electron chi connectivity index (χ0n) is 11.7. The number of H-pyrrole nitrogens is 1. The summed E-state index contributed by atoms with van der Waals surface area (Å²) in [6.07, 6.45) is 4.75. The number of hydrogen-bond acceptors (Lipinski definition) is 5. The molecule has 1 atom stereocenters. The van der Waals surface area contributed by atoms with Crippen LogP contribution in [0.1, 0.15) is 16.5 Å². The number of aromatic nitrogens is 3. The number of nitrogens with one attached hydrogen (secondary N) is 2. The SMILES string of the molecule is OC(CNCc1cn[nH]c1-c1cccnc1)c1ccc(Cl)s1. The van der Waals surface area contributed by atoms with Gasteiger partial charge in [-0.3, -0.25) is 10.1 Å². The number of rotatable bonds is 6. The van der Waals surface area contributed by atoms with Crippen LogP contribution in [0, 0.1) is 0 Å². The maximum Gasteiger partial charge on any atom is 0.101 e. The summed E-state index contributed by atoms with van der Waals surface area (Å²) >= 11 is 7.27. The molecule has 3 N–H and O–H groups in total. The van der Waals surface area contributed by atoms with Gasteiger partial charge in [-0.25, -0.2) is 0 Å². The van der Waals surface area contributed by atoms with Crippen molar-refractivity contribution >= 4 is 22.9 Å². The van der Waals surface area contributed by atoms with Crippen molar-refractivity contribution in [3.05, 3.63) is 57.6 Å². The average molecular weight is 335 g/mol. The third kappa shape index (κ3) is 3.53. The highest BCUT2D eigenvalue weighted by molar-refractivity contribution is 7.16. The molecule has 0 saturated heterocycles. The van der Waals surface area contributed by atoms with Crippen molar-refractivity contribution in [3.63, 3.8) is 0 Å². The summed E-state index contributed by atoms with van der Waals surface area (Å²) in [5.41, 5.74) is 2.96. The van der Waals surface area contributed by atoms with E-state index in [1.165, 1.54) is 11.3 Å². The first kappa shape index (κ1) is 15.2. The number of halogens is 1. The second kappa shape index (κ2) is 7.02. The van der Waals surface area contributed by atoms with Gasteiger partial charge in [-0.15, -0.1) is 11.3 Å². The van der Waals surface area contributed by atoms with Gasteiger partial charge in [-0.05, 0) is 24.3 Å². The summed E-state index contributed by atoms with van der Waals surface area (Å²) in [5, 5.41) is 20.4. The number of aromatic amines is 1. The van der Waals surface area contributed by atoms with Crippen LogP contribution in [0.5, 0.6) is 0 Å². The molecule has 3 aromatic heterocycles. The summed E-state index contributed by atoms with van der Waals surface area (Å²) in [6, 6.07) is 7.50. The van der Waals surface area contributed by atoms with Crippen LogP contribution in [0.15, 0.2) is 42.9 Å². The lowest BCUT2D eigenvalue weighted by Gasteiger charge is -2.10. The lowest BCUT2D eigenvalue weighted by molar-refractivity contribution is 0.178. The number of thiophene rings is 1. The van der Waals surface area contributed by atoms with Gasteiger partial charge in [0.15, 0.2) is 0 Å². The Morgan fingerprint density at radius 1 is 1.32 bits per heavy atom. The monoisotopic (exact) mass is 334 g/mol. The largest absolute Gasteiger partial charge is 0.386 e. The van der Waals surface area contributed by atoms with Crippen LogP contribution >= 0.6 is 22.9 Å². The summed E-state index contributed by atoms with van der Waals surface area (Å²) in [5.74, 6) is 0. The van der Waals surface area contributed by atoms with Gasteiger partial charge in [0.05, 0.1) is 16.2 Å².